The third-order valence-corrected chi connectivity index (χ3v) is 3.82. The van der Waals surface area contributed by atoms with Gasteiger partial charge < -0.3 is 15.5 Å². The highest BCUT2D eigenvalue weighted by Gasteiger charge is 2.22. The highest BCUT2D eigenvalue weighted by molar-refractivity contribution is 5.94. The van der Waals surface area contributed by atoms with Gasteiger partial charge in [-0.3, -0.25) is 4.79 Å². The summed E-state index contributed by atoms with van der Waals surface area (Å²) in [5.41, 5.74) is 0.779. The highest BCUT2D eigenvalue weighted by atomic mass is 35.5. The topological polar surface area (TPSA) is 57.3 Å². The number of nitrogens with one attached hydrogen (secondary N) is 2. The molecule has 0 spiro atoms. The van der Waals surface area contributed by atoms with E-state index in [-0.39, 0.29) is 36.8 Å². The van der Waals surface area contributed by atoms with E-state index in [1.54, 1.807) is 6.20 Å². The minimum absolute atomic E-state index is 0. The van der Waals surface area contributed by atoms with Crippen molar-refractivity contribution in [2.45, 2.75) is 31.7 Å². The molecule has 3 heterocycles. The molecule has 0 aliphatic carbocycles. The lowest BCUT2D eigenvalue weighted by Gasteiger charge is -2.16. The van der Waals surface area contributed by atoms with Crippen LogP contribution in [0.1, 0.15) is 25.7 Å². The zero-order valence-electron chi connectivity index (χ0n) is 11.9. The van der Waals surface area contributed by atoms with Gasteiger partial charge in [-0.05, 0) is 44.4 Å². The third kappa shape index (κ3) is 4.46. The van der Waals surface area contributed by atoms with Gasteiger partial charge in [-0.2, -0.15) is 0 Å². The molecule has 118 valence electrons. The molecule has 0 saturated carbocycles. The molecular weight excluding hydrogens is 311 g/mol. The van der Waals surface area contributed by atoms with E-state index in [2.05, 4.69) is 20.5 Å². The summed E-state index contributed by atoms with van der Waals surface area (Å²) in [6.07, 6.45) is 6.23. The molecule has 1 amide bonds. The predicted octanol–water partition coefficient (Wildman–Crippen LogP) is 2.22. The van der Waals surface area contributed by atoms with Crippen LogP contribution in [0.3, 0.4) is 0 Å². The summed E-state index contributed by atoms with van der Waals surface area (Å²) < 4.78 is 0. The number of carbonyl (C=O) groups is 1. The molecule has 2 aliphatic heterocycles. The third-order valence-electron chi connectivity index (χ3n) is 3.82. The summed E-state index contributed by atoms with van der Waals surface area (Å²) in [6, 6.07) is 3.88. The van der Waals surface area contributed by atoms with Crippen LogP contribution < -0.4 is 15.5 Å². The van der Waals surface area contributed by atoms with Gasteiger partial charge in [-0.15, -0.1) is 24.8 Å². The first kappa shape index (κ1) is 18.0. The number of hydrogen-bond acceptors (Lipinski definition) is 4. The Labute approximate surface area is 137 Å². The van der Waals surface area contributed by atoms with Crippen molar-refractivity contribution in [3.05, 3.63) is 18.3 Å². The summed E-state index contributed by atoms with van der Waals surface area (Å²) in [5, 5.41) is 6.11. The Morgan fingerprint density at radius 3 is 2.57 bits per heavy atom. The first-order chi connectivity index (χ1) is 9.33. The molecule has 3 rings (SSSR count). The van der Waals surface area contributed by atoms with Crippen LogP contribution in [-0.4, -0.2) is 36.6 Å². The van der Waals surface area contributed by atoms with Crippen molar-refractivity contribution in [3.63, 3.8) is 0 Å². The predicted molar refractivity (Wildman–Crippen MR) is 89.8 cm³/mol. The van der Waals surface area contributed by atoms with E-state index >= 15 is 0 Å². The molecule has 0 unspecified atom stereocenters. The fourth-order valence-electron chi connectivity index (χ4n) is 2.73. The van der Waals surface area contributed by atoms with Crippen molar-refractivity contribution >= 4 is 42.2 Å². The zero-order chi connectivity index (χ0) is 13.1. The van der Waals surface area contributed by atoms with Gasteiger partial charge in [0.2, 0.25) is 5.91 Å². The van der Waals surface area contributed by atoms with Crippen LogP contribution in [0.5, 0.6) is 0 Å². The van der Waals surface area contributed by atoms with Gasteiger partial charge in [0.25, 0.3) is 0 Å². The fraction of sp³-hybridized carbons (Fsp3) is 0.571. The zero-order valence-corrected chi connectivity index (χ0v) is 13.5. The maximum atomic E-state index is 11.9. The smallest absolute Gasteiger partial charge is 0.241 e. The average molecular weight is 333 g/mol. The van der Waals surface area contributed by atoms with Gasteiger partial charge in [0, 0.05) is 13.1 Å². The van der Waals surface area contributed by atoms with E-state index in [0.717, 1.165) is 44.0 Å². The van der Waals surface area contributed by atoms with E-state index in [1.807, 2.05) is 12.1 Å². The van der Waals surface area contributed by atoms with E-state index < -0.39 is 0 Å². The molecule has 2 N–H and O–H groups in total. The monoisotopic (exact) mass is 332 g/mol. The van der Waals surface area contributed by atoms with Crippen molar-refractivity contribution in [1.82, 2.24) is 10.3 Å². The molecule has 2 saturated heterocycles. The Morgan fingerprint density at radius 1 is 1.24 bits per heavy atom. The molecule has 5 nitrogen and oxygen atoms in total. The van der Waals surface area contributed by atoms with Crippen molar-refractivity contribution in [3.8, 4) is 0 Å². The summed E-state index contributed by atoms with van der Waals surface area (Å²) >= 11 is 0. The Morgan fingerprint density at radius 2 is 2.00 bits per heavy atom. The maximum absolute atomic E-state index is 11.9. The minimum atomic E-state index is -0.0433. The Kier molecular flexibility index (Phi) is 7.22. The lowest BCUT2D eigenvalue weighted by atomic mass is 10.2. The highest BCUT2D eigenvalue weighted by Crippen LogP contribution is 2.19. The standard InChI is InChI=1S/C14H20N4O.2ClH/c19-14(12-4-3-7-15-12)17-11-5-6-13(16-10-11)18-8-1-2-9-18;;/h5-6,10,12,15H,1-4,7-9H2,(H,17,19);2*1H/t12-;;/m0../s1. The molecule has 0 radical (unpaired) electrons. The molecule has 1 aromatic rings. The second-order valence-electron chi connectivity index (χ2n) is 5.24. The Hall–Kier alpha value is -1.04. The first-order valence-electron chi connectivity index (χ1n) is 7.08. The quantitative estimate of drug-likeness (QED) is 0.891. The molecule has 0 bridgehead atoms. The number of anilines is 2. The average Bonchev–Trinajstić information content (AvgIpc) is 3.13. The van der Waals surface area contributed by atoms with E-state index in [0.29, 0.717) is 0 Å². The summed E-state index contributed by atoms with van der Waals surface area (Å²) in [6.45, 7) is 3.11. The molecule has 21 heavy (non-hydrogen) atoms. The van der Waals surface area contributed by atoms with Crippen LogP contribution in [0.25, 0.3) is 0 Å². The van der Waals surface area contributed by atoms with Crippen molar-refractivity contribution in [2.75, 3.05) is 29.9 Å². The van der Waals surface area contributed by atoms with Crippen molar-refractivity contribution in [1.29, 1.82) is 0 Å². The SMILES string of the molecule is Cl.Cl.O=C(Nc1ccc(N2CCCC2)nc1)[C@@H]1CCCN1. The summed E-state index contributed by atoms with van der Waals surface area (Å²) in [7, 11) is 0. The molecule has 1 aromatic heterocycles. The number of hydrogen-bond donors (Lipinski definition) is 2. The number of carbonyl (C=O) groups excluding carboxylic acids is 1. The van der Waals surface area contributed by atoms with Crippen LogP contribution in [-0.2, 0) is 4.79 Å². The van der Waals surface area contributed by atoms with E-state index in [1.165, 1.54) is 12.8 Å². The molecule has 2 aliphatic rings. The van der Waals surface area contributed by atoms with Gasteiger partial charge >= 0.3 is 0 Å². The normalized spacial score (nSPS) is 20.6. The molecule has 2 fully saturated rings. The fourth-order valence-corrected chi connectivity index (χ4v) is 2.73. The van der Waals surface area contributed by atoms with Gasteiger partial charge in [-0.1, -0.05) is 0 Å². The second kappa shape index (κ2) is 8.41. The van der Waals surface area contributed by atoms with Crippen LogP contribution >= 0.6 is 24.8 Å². The lowest BCUT2D eigenvalue weighted by Crippen LogP contribution is -2.35. The van der Waals surface area contributed by atoms with E-state index in [9.17, 15) is 4.79 Å². The minimum Gasteiger partial charge on any atom is -0.357 e. The van der Waals surface area contributed by atoms with Gasteiger partial charge in [0.05, 0.1) is 17.9 Å². The lowest BCUT2D eigenvalue weighted by molar-refractivity contribution is -0.117. The van der Waals surface area contributed by atoms with Crippen LogP contribution in [0.15, 0.2) is 18.3 Å². The number of aromatic nitrogens is 1. The van der Waals surface area contributed by atoms with Gasteiger partial charge in [0.15, 0.2) is 0 Å². The Bertz CT molecular complexity index is 443. The number of halogens is 2. The second-order valence-corrected chi connectivity index (χ2v) is 5.24. The van der Waals surface area contributed by atoms with Gasteiger partial charge in [-0.25, -0.2) is 4.98 Å². The molecule has 7 heteroatoms. The Balaban J connectivity index is 0.00000110. The largest absolute Gasteiger partial charge is 0.357 e. The number of rotatable bonds is 3. The number of pyridine rings is 1. The summed E-state index contributed by atoms with van der Waals surface area (Å²) in [4.78, 5) is 18.7. The molecule has 1 atom stereocenters. The van der Waals surface area contributed by atoms with Crippen LogP contribution in [0.4, 0.5) is 11.5 Å². The van der Waals surface area contributed by atoms with Crippen LogP contribution in [0, 0.1) is 0 Å². The first-order valence-corrected chi connectivity index (χ1v) is 7.08. The summed E-state index contributed by atoms with van der Waals surface area (Å²) in [5.74, 6) is 1.06. The number of nitrogens with zero attached hydrogens (tertiary/aromatic N) is 2. The van der Waals surface area contributed by atoms with Gasteiger partial charge in [0.1, 0.15) is 5.82 Å². The maximum Gasteiger partial charge on any atom is 0.241 e. The molecular formula is C14H22Cl2N4O. The molecule has 0 aromatic carbocycles. The van der Waals surface area contributed by atoms with E-state index in [4.69, 9.17) is 0 Å². The number of amides is 1. The van der Waals surface area contributed by atoms with Crippen molar-refractivity contribution < 1.29 is 4.79 Å². The van der Waals surface area contributed by atoms with Crippen molar-refractivity contribution in [2.24, 2.45) is 0 Å². The van der Waals surface area contributed by atoms with Crippen LogP contribution in [0.2, 0.25) is 0 Å².